The van der Waals surface area contributed by atoms with Crippen LogP contribution in [0.3, 0.4) is 0 Å². The first kappa shape index (κ1) is 9.98. The van der Waals surface area contributed by atoms with Gasteiger partial charge in [-0.3, -0.25) is 0 Å². The fourth-order valence-corrected chi connectivity index (χ4v) is 1.53. The number of aliphatic hydroxyl groups is 1. The maximum atomic E-state index is 13.0. The highest BCUT2D eigenvalue weighted by atomic mass is 19.1. The van der Waals surface area contributed by atoms with E-state index in [1.807, 2.05) is 6.92 Å². The number of aryl methyl sites for hydroxylation is 1. The third-order valence-electron chi connectivity index (χ3n) is 2.23. The first-order valence-corrected chi connectivity index (χ1v) is 4.74. The maximum absolute atomic E-state index is 13.0. The van der Waals surface area contributed by atoms with Crippen molar-refractivity contribution < 1.29 is 9.50 Å². The topological polar surface area (TPSA) is 46.0 Å². The zero-order valence-corrected chi connectivity index (χ0v) is 8.37. The van der Waals surface area contributed by atoms with E-state index in [9.17, 15) is 4.39 Å². The molecule has 4 heteroatoms. The van der Waals surface area contributed by atoms with E-state index in [1.165, 1.54) is 12.1 Å². The van der Waals surface area contributed by atoms with E-state index in [0.29, 0.717) is 17.8 Å². The molecule has 1 heterocycles. The lowest BCUT2D eigenvalue weighted by Crippen LogP contribution is -2.01. The smallest absolute Gasteiger partial charge is 0.131 e. The van der Waals surface area contributed by atoms with Gasteiger partial charge in [0.1, 0.15) is 11.6 Å². The molecule has 15 heavy (non-hydrogen) atoms. The minimum Gasteiger partial charge on any atom is -0.396 e. The van der Waals surface area contributed by atoms with Gasteiger partial charge in [0.15, 0.2) is 0 Å². The summed E-state index contributed by atoms with van der Waals surface area (Å²) < 4.78 is 13.0. The van der Waals surface area contributed by atoms with Crippen molar-refractivity contribution >= 4 is 10.9 Å². The lowest BCUT2D eigenvalue weighted by molar-refractivity contribution is 0.296. The zero-order valence-electron chi connectivity index (χ0n) is 8.37. The fraction of sp³-hybridized carbons (Fsp3) is 0.273. The predicted molar refractivity (Wildman–Crippen MR) is 55.0 cm³/mol. The first-order chi connectivity index (χ1) is 7.20. The lowest BCUT2D eigenvalue weighted by atomic mass is 10.2. The van der Waals surface area contributed by atoms with E-state index in [0.717, 1.165) is 11.1 Å². The number of fused-ring (bicyclic) bond motifs is 1. The summed E-state index contributed by atoms with van der Waals surface area (Å²) in [6.45, 7) is 1.85. The van der Waals surface area contributed by atoms with Crippen molar-refractivity contribution in [3.05, 3.63) is 35.5 Å². The van der Waals surface area contributed by atoms with E-state index >= 15 is 0 Å². The molecule has 0 saturated heterocycles. The molecule has 0 fully saturated rings. The van der Waals surface area contributed by atoms with Crippen molar-refractivity contribution in [1.82, 2.24) is 9.97 Å². The molecular formula is C11H11FN2O. The number of aromatic nitrogens is 2. The normalized spacial score (nSPS) is 10.9. The lowest BCUT2D eigenvalue weighted by Gasteiger charge is -2.04. The second-order valence-electron chi connectivity index (χ2n) is 3.36. The minimum atomic E-state index is -0.310. The van der Waals surface area contributed by atoms with Crippen molar-refractivity contribution in [2.24, 2.45) is 0 Å². The van der Waals surface area contributed by atoms with Gasteiger partial charge in [0.2, 0.25) is 0 Å². The van der Waals surface area contributed by atoms with Crippen molar-refractivity contribution in [2.75, 3.05) is 6.61 Å². The maximum Gasteiger partial charge on any atom is 0.131 e. The van der Waals surface area contributed by atoms with Crippen molar-refractivity contribution in [3.8, 4) is 0 Å². The molecule has 0 aliphatic rings. The molecule has 0 unspecified atom stereocenters. The zero-order chi connectivity index (χ0) is 10.8. The van der Waals surface area contributed by atoms with E-state index in [2.05, 4.69) is 9.97 Å². The SMILES string of the molecule is Cc1nc(CCO)nc2cc(F)ccc12. The number of halogens is 1. The van der Waals surface area contributed by atoms with Gasteiger partial charge in [0.25, 0.3) is 0 Å². The second-order valence-corrected chi connectivity index (χ2v) is 3.36. The highest BCUT2D eigenvalue weighted by Crippen LogP contribution is 2.16. The molecule has 2 aromatic rings. The number of hydrogen-bond acceptors (Lipinski definition) is 3. The number of rotatable bonds is 2. The molecule has 0 amide bonds. The molecule has 0 saturated carbocycles. The van der Waals surface area contributed by atoms with E-state index in [1.54, 1.807) is 6.07 Å². The number of benzene rings is 1. The van der Waals surface area contributed by atoms with E-state index in [-0.39, 0.29) is 12.4 Å². The van der Waals surface area contributed by atoms with Gasteiger partial charge < -0.3 is 5.11 Å². The second kappa shape index (κ2) is 3.90. The minimum absolute atomic E-state index is 0.000260. The summed E-state index contributed by atoms with van der Waals surface area (Å²) in [6, 6.07) is 4.44. The summed E-state index contributed by atoms with van der Waals surface area (Å²) in [5, 5.41) is 9.63. The Labute approximate surface area is 86.6 Å². The molecule has 0 bridgehead atoms. The van der Waals surface area contributed by atoms with Gasteiger partial charge in [-0.2, -0.15) is 0 Å². The van der Waals surface area contributed by atoms with Crippen LogP contribution in [0, 0.1) is 12.7 Å². The molecule has 2 rings (SSSR count). The summed E-state index contributed by atoms with van der Waals surface area (Å²) in [4.78, 5) is 8.40. The average molecular weight is 206 g/mol. The van der Waals surface area contributed by atoms with Gasteiger partial charge in [-0.05, 0) is 19.1 Å². The van der Waals surface area contributed by atoms with Crippen LogP contribution >= 0.6 is 0 Å². The summed E-state index contributed by atoms with van der Waals surface area (Å²) in [7, 11) is 0. The molecule has 0 spiro atoms. The molecule has 0 radical (unpaired) electrons. The first-order valence-electron chi connectivity index (χ1n) is 4.74. The van der Waals surface area contributed by atoms with E-state index in [4.69, 9.17) is 5.11 Å². The largest absolute Gasteiger partial charge is 0.396 e. The summed E-state index contributed by atoms with van der Waals surface area (Å²) in [6.07, 6.45) is 0.396. The Morgan fingerprint density at radius 3 is 2.87 bits per heavy atom. The third kappa shape index (κ3) is 1.94. The molecule has 0 aliphatic carbocycles. The molecule has 0 atom stereocenters. The highest BCUT2D eigenvalue weighted by molar-refractivity contribution is 5.80. The predicted octanol–water partition coefficient (Wildman–Crippen LogP) is 1.61. The molecule has 1 aromatic heterocycles. The Hall–Kier alpha value is -1.55. The Kier molecular flexibility index (Phi) is 2.60. The monoisotopic (exact) mass is 206 g/mol. The van der Waals surface area contributed by atoms with Crippen LogP contribution < -0.4 is 0 Å². The number of hydrogen-bond donors (Lipinski definition) is 1. The van der Waals surface area contributed by atoms with Crippen LogP contribution in [0.2, 0.25) is 0 Å². The van der Waals surface area contributed by atoms with Crippen LogP contribution in [0.25, 0.3) is 10.9 Å². The van der Waals surface area contributed by atoms with Crippen LogP contribution in [0.4, 0.5) is 4.39 Å². The number of nitrogens with zero attached hydrogens (tertiary/aromatic N) is 2. The third-order valence-corrected chi connectivity index (χ3v) is 2.23. The fourth-order valence-electron chi connectivity index (χ4n) is 1.53. The Morgan fingerprint density at radius 2 is 2.13 bits per heavy atom. The highest BCUT2D eigenvalue weighted by Gasteiger charge is 2.04. The van der Waals surface area contributed by atoms with E-state index < -0.39 is 0 Å². The Balaban J connectivity index is 2.63. The van der Waals surface area contributed by atoms with Gasteiger partial charge in [-0.15, -0.1) is 0 Å². The molecule has 0 aliphatic heterocycles. The van der Waals surface area contributed by atoms with Crippen LogP contribution in [0.15, 0.2) is 18.2 Å². The molecule has 78 valence electrons. The van der Waals surface area contributed by atoms with Gasteiger partial charge >= 0.3 is 0 Å². The van der Waals surface area contributed by atoms with Crippen molar-refractivity contribution in [1.29, 1.82) is 0 Å². The summed E-state index contributed by atoms with van der Waals surface area (Å²) in [5.74, 6) is 0.239. The average Bonchev–Trinajstić information content (AvgIpc) is 2.17. The Bertz CT molecular complexity index is 499. The quantitative estimate of drug-likeness (QED) is 0.812. The van der Waals surface area contributed by atoms with Gasteiger partial charge in [0.05, 0.1) is 12.1 Å². The van der Waals surface area contributed by atoms with Crippen molar-refractivity contribution in [2.45, 2.75) is 13.3 Å². The molecule has 1 N–H and O–H groups in total. The standard InChI is InChI=1S/C11H11FN2O/c1-7-9-3-2-8(12)6-10(9)14-11(13-7)4-5-15/h2-3,6,15H,4-5H2,1H3. The van der Waals surface area contributed by atoms with Crippen LogP contribution in [0.1, 0.15) is 11.5 Å². The molecule has 1 aromatic carbocycles. The van der Waals surface area contributed by atoms with Gasteiger partial charge in [0, 0.05) is 23.6 Å². The summed E-state index contributed by atoms with van der Waals surface area (Å²) in [5.41, 5.74) is 1.40. The number of aliphatic hydroxyl groups excluding tert-OH is 1. The van der Waals surface area contributed by atoms with Crippen LogP contribution in [-0.4, -0.2) is 21.7 Å². The molecular weight excluding hydrogens is 195 g/mol. The van der Waals surface area contributed by atoms with Crippen LogP contribution in [0.5, 0.6) is 0 Å². The summed E-state index contributed by atoms with van der Waals surface area (Å²) >= 11 is 0. The van der Waals surface area contributed by atoms with Crippen molar-refractivity contribution in [3.63, 3.8) is 0 Å². The Morgan fingerprint density at radius 1 is 1.33 bits per heavy atom. The van der Waals surface area contributed by atoms with Gasteiger partial charge in [-0.1, -0.05) is 0 Å². The van der Waals surface area contributed by atoms with Gasteiger partial charge in [-0.25, -0.2) is 14.4 Å². The molecule has 3 nitrogen and oxygen atoms in total. The van der Waals surface area contributed by atoms with Crippen LogP contribution in [-0.2, 0) is 6.42 Å².